The molecule has 2 rings (SSSR count). The molecule has 0 unspecified atom stereocenters. The number of anilines is 2. The van der Waals surface area contributed by atoms with Crippen molar-refractivity contribution in [1.82, 2.24) is 0 Å². The Morgan fingerprint density at radius 2 is 1.48 bits per heavy atom. The summed E-state index contributed by atoms with van der Waals surface area (Å²) in [7, 11) is 0. The monoisotopic (exact) mass is 282 g/mol. The van der Waals surface area contributed by atoms with Crippen LogP contribution in [-0.4, -0.2) is 13.1 Å². The molecule has 21 heavy (non-hydrogen) atoms. The normalized spacial score (nSPS) is 10.5. The van der Waals surface area contributed by atoms with Gasteiger partial charge in [-0.3, -0.25) is 0 Å². The Bertz CT molecular complexity index is 603. The van der Waals surface area contributed by atoms with E-state index in [1.54, 1.807) is 0 Å². The highest BCUT2D eigenvalue weighted by Crippen LogP contribution is 2.21. The summed E-state index contributed by atoms with van der Waals surface area (Å²) in [5.41, 5.74) is 7.91. The van der Waals surface area contributed by atoms with Crippen LogP contribution < -0.4 is 10.6 Å². The van der Waals surface area contributed by atoms with Gasteiger partial charge in [0.1, 0.15) is 0 Å². The first kappa shape index (κ1) is 15.4. The van der Waals surface area contributed by atoms with Crippen molar-refractivity contribution in [2.24, 2.45) is 0 Å². The highest BCUT2D eigenvalue weighted by Gasteiger charge is 2.03. The van der Waals surface area contributed by atoms with Crippen LogP contribution in [0.2, 0.25) is 0 Å². The van der Waals surface area contributed by atoms with E-state index in [9.17, 15) is 0 Å². The molecule has 2 aromatic carbocycles. The Kier molecular flexibility index (Phi) is 5.26. The molecule has 2 nitrogen and oxygen atoms in total. The minimum Gasteiger partial charge on any atom is -0.383 e. The minimum atomic E-state index is 0.918. The van der Waals surface area contributed by atoms with Crippen molar-refractivity contribution in [3.8, 4) is 0 Å². The second-order valence-corrected chi connectivity index (χ2v) is 5.56. The maximum absolute atomic E-state index is 3.57. The van der Waals surface area contributed by atoms with Gasteiger partial charge in [0, 0.05) is 24.5 Å². The number of nitrogens with one attached hydrogen (secondary N) is 2. The summed E-state index contributed by atoms with van der Waals surface area (Å²) in [6.45, 7) is 10.5. The quantitative estimate of drug-likeness (QED) is 0.751. The molecule has 0 saturated heterocycles. The van der Waals surface area contributed by atoms with Gasteiger partial charge < -0.3 is 10.6 Å². The van der Waals surface area contributed by atoms with Crippen molar-refractivity contribution in [3.05, 3.63) is 58.7 Å². The zero-order valence-electron chi connectivity index (χ0n) is 13.6. The molecule has 0 bridgehead atoms. The van der Waals surface area contributed by atoms with Gasteiger partial charge in [-0.15, -0.1) is 0 Å². The fraction of sp³-hybridized carbons (Fsp3) is 0.368. The lowest BCUT2D eigenvalue weighted by atomic mass is 10.1. The molecule has 0 amide bonds. The van der Waals surface area contributed by atoms with Gasteiger partial charge in [-0.25, -0.2) is 0 Å². The average molecular weight is 282 g/mol. The maximum Gasteiger partial charge on any atom is 0.0402 e. The van der Waals surface area contributed by atoms with Crippen LogP contribution in [0.4, 0.5) is 11.4 Å². The fourth-order valence-corrected chi connectivity index (χ4v) is 2.60. The Hall–Kier alpha value is -1.96. The summed E-state index contributed by atoms with van der Waals surface area (Å²) in [5, 5.41) is 7.09. The van der Waals surface area contributed by atoms with E-state index >= 15 is 0 Å². The minimum absolute atomic E-state index is 0.918. The molecule has 2 N–H and O–H groups in total. The van der Waals surface area contributed by atoms with E-state index in [4.69, 9.17) is 0 Å². The molecule has 0 aliphatic heterocycles. The molecule has 0 aliphatic rings. The summed E-state index contributed by atoms with van der Waals surface area (Å²) in [4.78, 5) is 0. The molecule has 2 heteroatoms. The third-order valence-electron chi connectivity index (χ3n) is 4.09. The van der Waals surface area contributed by atoms with Gasteiger partial charge in [0.2, 0.25) is 0 Å². The Labute approximate surface area is 128 Å². The second-order valence-electron chi connectivity index (χ2n) is 5.56. The van der Waals surface area contributed by atoms with E-state index in [-0.39, 0.29) is 0 Å². The number of rotatable bonds is 6. The lowest BCUT2D eigenvalue weighted by Gasteiger charge is -2.16. The second kappa shape index (κ2) is 7.16. The van der Waals surface area contributed by atoms with Gasteiger partial charge in [0.05, 0.1) is 0 Å². The molecule has 0 radical (unpaired) electrons. The summed E-state index contributed by atoms with van der Waals surface area (Å²) in [6, 6.07) is 12.9. The van der Waals surface area contributed by atoms with Gasteiger partial charge in [-0.2, -0.15) is 0 Å². The summed E-state index contributed by atoms with van der Waals surface area (Å²) in [6.07, 6.45) is 1.06. The van der Waals surface area contributed by atoms with Crippen LogP contribution in [0.25, 0.3) is 0 Å². The molecule has 112 valence electrons. The molecule has 0 aromatic heterocycles. The van der Waals surface area contributed by atoms with E-state index in [1.165, 1.54) is 33.6 Å². The van der Waals surface area contributed by atoms with Crippen LogP contribution in [0.3, 0.4) is 0 Å². The number of aryl methyl sites for hydroxylation is 3. The largest absolute Gasteiger partial charge is 0.383 e. The van der Waals surface area contributed by atoms with E-state index in [0.717, 1.165) is 19.5 Å². The van der Waals surface area contributed by atoms with E-state index in [1.807, 2.05) is 0 Å². The van der Waals surface area contributed by atoms with Crippen LogP contribution in [0.15, 0.2) is 36.4 Å². The zero-order chi connectivity index (χ0) is 15.2. The first-order valence-electron chi connectivity index (χ1n) is 7.76. The number of para-hydroxylation sites is 1. The third-order valence-corrected chi connectivity index (χ3v) is 4.09. The Morgan fingerprint density at radius 1 is 0.810 bits per heavy atom. The van der Waals surface area contributed by atoms with E-state index < -0.39 is 0 Å². The molecule has 0 spiro atoms. The van der Waals surface area contributed by atoms with Gasteiger partial charge in [0.15, 0.2) is 0 Å². The lowest BCUT2D eigenvalue weighted by molar-refractivity contribution is 1.05. The first-order valence-corrected chi connectivity index (χ1v) is 7.76. The lowest BCUT2D eigenvalue weighted by Crippen LogP contribution is -2.15. The van der Waals surface area contributed by atoms with Crippen molar-refractivity contribution in [2.75, 3.05) is 23.7 Å². The molecule has 0 atom stereocenters. The molecule has 0 heterocycles. The van der Waals surface area contributed by atoms with Crippen LogP contribution in [0.5, 0.6) is 0 Å². The number of benzene rings is 2. The van der Waals surface area contributed by atoms with Crippen LogP contribution in [0, 0.1) is 20.8 Å². The standard InChI is InChI=1S/C19H26N2/c1-5-17-10-6-9-15(3)19(17)21-13-12-20-18-11-7-8-14(2)16(18)4/h6-11,20-21H,5,12-13H2,1-4H3. The summed E-state index contributed by atoms with van der Waals surface area (Å²) >= 11 is 0. The van der Waals surface area contributed by atoms with E-state index in [2.05, 4.69) is 74.7 Å². The first-order chi connectivity index (χ1) is 10.1. The highest BCUT2D eigenvalue weighted by molar-refractivity contribution is 5.58. The average Bonchev–Trinajstić information content (AvgIpc) is 2.48. The molecule has 0 aliphatic carbocycles. The summed E-state index contributed by atoms with van der Waals surface area (Å²) in [5.74, 6) is 0. The predicted octanol–water partition coefficient (Wildman–Crippen LogP) is 4.70. The molecular weight excluding hydrogens is 256 g/mol. The molecular formula is C19H26N2. The van der Waals surface area contributed by atoms with Crippen LogP contribution in [-0.2, 0) is 6.42 Å². The zero-order valence-corrected chi connectivity index (χ0v) is 13.6. The predicted molar refractivity (Wildman–Crippen MR) is 93.5 cm³/mol. The fourth-order valence-electron chi connectivity index (χ4n) is 2.60. The highest BCUT2D eigenvalue weighted by atomic mass is 15.0. The van der Waals surface area contributed by atoms with Crippen molar-refractivity contribution < 1.29 is 0 Å². The third kappa shape index (κ3) is 3.78. The van der Waals surface area contributed by atoms with Crippen molar-refractivity contribution >= 4 is 11.4 Å². The SMILES string of the molecule is CCc1cccc(C)c1NCCNc1cccc(C)c1C. The molecule has 0 fully saturated rings. The van der Waals surface area contributed by atoms with Crippen molar-refractivity contribution in [3.63, 3.8) is 0 Å². The van der Waals surface area contributed by atoms with Gasteiger partial charge in [-0.05, 0) is 55.5 Å². The van der Waals surface area contributed by atoms with Gasteiger partial charge >= 0.3 is 0 Å². The Morgan fingerprint density at radius 3 is 2.24 bits per heavy atom. The van der Waals surface area contributed by atoms with E-state index in [0.29, 0.717) is 0 Å². The Balaban J connectivity index is 1.92. The maximum atomic E-state index is 3.57. The molecule has 0 saturated carbocycles. The van der Waals surface area contributed by atoms with Crippen molar-refractivity contribution in [1.29, 1.82) is 0 Å². The number of hydrogen-bond donors (Lipinski definition) is 2. The van der Waals surface area contributed by atoms with Gasteiger partial charge in [-0.1, -0.05) is 37.3 Å². The van der Waals surface area contributed by atoms with Crippen molar-refractivity contribution in [2.45, 2.75) is 34.1 Å². The summed E-state index contributed by atoms with van der Waals surface area (Å²) < 4.78 is 0. The van der Waals surface area contributed by atoms with Gasteiger partial charge in [0.25, 0.3) is 0 Å². The van der Waals surface area contributed by atoms with Crippen LogP contribution in [0.1, 0.15) is 29.2 Å². The number of hydrogen-bond acceptors (Lipinski definition) is 2. The van der Waals surface area contributed by atoms with Crippen LogP contribution >= 0.6 is 0 Å². The topological polar surface area (TPSA) is 24.1 Å². The molecule has 2 aromatic rings. The smallest absolute Gasteiger partial charge is 0.0402 e.